The fraction of sp³-hybridized carbons (Fsp3) is 0.100. The third kappa shape index (κ3) is 3.59. The van der Waals surface area contributed by atoms with E-state index in [-0.39, 0.29) is 11.5 Å². The highest BCUT2D eigenvalue weighted by Crippen LogP contribution is 2.21. The lowest BCUT2D eigenvalue weighted by Crippen LogP contribution is -1.97. The Morgan fingerprint density at radius 1 is 1.15 bits per heavy atom. The number of nitrogens with one attached hydrogen (secondary N) is 1. The van der Waals surface area contributed by atoms with Gasteiger partial charge in [-0.3, -0.25) is 14.9 Å². The van der Waals surface area contributed by atoms with Crippen LogP contribution in [0.3, 0.4) is 0 Å². The van der Waals surface area contributed by atoms with Gasteiger partial charge in [-0.2, -0.15) is 0 Å². The minimum Gasteiger partial charge on any atom is -0.341 e. The van der Waals surface area contributed by atoms with Gasteiger partial charge >= 0.3 is 0 Å². The summed E-state index contributed by atoms with van der Waals surface area (Å²) in [5, 5.41) is 11.0. The summed E-state index contributed by atoms with van der Waals surface area (Å²) in [7, 11) is 0. The van der Waals surface area contributed by atoms with Gasteiger partial charge in [-0.1, -0.05) is 48.5 Å². The van der Waals surface area contributed by atoms with Gasteiger partial charge < -0.3 is 4.98 Å². The van der Waals surface area contributed by atoms with E-state index >= 15 is 0 Å². The molecule has 0 bridgehead atoms. The largest absolute Gasteiger partial charge is 0.341 e. The molecule has 0 saturated heterocycles. The number of H-pyrrole nitrogens is 1. The number of carbonyl (C=O) groups is 1. The number of nitrogens with zero attached hydrogens (tertiary/aromatic N) is 2. The van der Waals surface area contributed by atoms with E-state index in [2.05, 4.69) is 9.97 Å². The molecule has 0 aliphatic heterocycles. The molecule has 2 aromatic carbocycles. The van der Waals surface area contributed by atoms with Crippen molar-refractivity contribution in [3.8, 4) is 11.4 Å². The summed E-state index contributed by atoms with van der Waals surface area (Å²) in [6.45, 7) is 3.46. The average Bonchev–Trinajstić information content (AvgIpc) is 3.03. The van der Waals surface area contributed by atoms with Crippen LogP contribution in [0.25, 0.3) is 17.5 Å². The molecular formula is C20H17N3O3. The molecule has 6 nitrogen and oxygen atoms in total. The molecule has 0 aliphatic carbocycles. The summed E-state index contributed by atoms with van der Waals surface area (Å²) in [5.41, 5.74) is 3.10. The van der Waals surface area contributed by atoms with E-state index in [0.717, 1.165) is 5.56 Å². The molecule has 0 saturated carbocycles. The second kappa shape index (κ2) is 7.14. The number of allylic oxidation sites excluding steroid dienone is 1. The van der Waals surface area contributed by atoms with Gasteiger partial charge in [-0.25, -0.2) is 4.98 Å². The summed E-state index contributed by atoms with van der Waals surface area (Å²) < 4.78 is 0. The number of nitro groups is 1. The molecule has 0 spiro atoms. The van der Waals surface area contributed by atoms with Crippen molar-refractivity contribution in [3.05, 3.63) is 87.2 Å². The molecule has 0 atom stereocenters. The van der Waals surface area contributed by atoms with Crippen molar-refractivity contribution in [2.75, 3.05) is 0 Å². The number of nitro benzene ring substituents is 1. The molecule has 0 radical (unpaired) electrons. The lowest BCUT2D eigenvalue weighted by atomic mass is 10.1. The first-order chi connectivity index (χ1) is 12.5. The molecule has 3 rings (SSSR count). The maximum atomic E-state index is 12.5. The third-order valence-electron chi connectivity index (χ3n) is 4.02. The molecular weight excluding hydrogens is 330 g/mol. The first-order valence-corrected chi connectivity index (χ1v) is 8.05. The number of aryl methyl sites for hydroxylation is 2. The Hall–Kier alpha value is -3.54. The smallest absolute Gasteiger partial charge is 0.272 e. The second-order valence-electron chi connectivity index (χ2n) is 5.93. The molecule has 130 valence electrons. The SMILES string of the molecule is Cc1ccc(/C=C/C(=O)c2nc(-c3ccccc3)[nH]c2C)cc1[N+](=O)[O-]. The normalized spacial score (nSPS) is 11.0. The second-order valence-corrected chi connectivity index (χ2v) is 5.93. The van der Waals surface area contributed by atoms with Gasteiger partial charge in [-0.05, 0) is 25.5 Å². The van der Waals surface area contributed by atoms with Gasteiger partial charge in [0.05, 0.1) is 4.92 Å². The van der Waals surface area contributed by atoms with Crippen LogP contribution in [0.4, 0.5) is 5.69 Å². The van der Waals surface area contributed by atoms with Crippen LogP contribution in [0, 0.1) is 24.0 Å². The zero-order valence-corrected chi connectivity index (χ0v) is 14.4. The van der Waals surface area contributed by atoms with E-state index in [1.54, 1.807) is 32.1 Å². The monoisotopic (exact) mass is 347 g/mol. The van der Waals surface area contributed by atoms with Crippen LogP contribution in [0.5, 0.6) is 0 Å². The summed E-state index contributed by atoms with van der Waals surface area (Å²) in [6, 6.07) is 14.4. The van der Waals surface area contributed by atoms with Crippen LogP contribution in [-0.4, -0.2) is 20.7 Å². The maximum Gasteiger partial charge on any atom is 0.272 e. The molecule has 0 amide bonds. The van der Waals surface area contributed by atoms with E-state index in [1.807, 2.05) is 30.3 Å². The quantitative estimate of drug-likeness (QED) is 0.318. The Labute approximate surface area is 150 Å². The Morgan fingerprint density at radius 2 is 1.88 bits per heavy atom. The van der Waals surface area contributed by atoms with Crippen LogP contribution >= 0.6 is 0 Å². The van der Waals surface area contributed by atoms with Crippen molar-refractivity contribution >= 4 is 17.5 Å². The van der Waals surface area contributed by atoms with Gasteiger partial charge in [0.25, 0.3) is 5.69 Å². The number of aromatic amines is 1. The minimum absolute atomic E-state index is 0.0295. The number of benzene rings is 2. The molecule has 1 aromatic heterocycles. The summed E-state index contributed by atoms with van der Waals surface area (Å²) in [4.78, 5) is 30.6. The number of imidazole rings is 1. The third-order valence-corrected chi connectivity index (χ3v) is 4.02. The highest BCUT2D eigenvalue weighted by Gasteiger charge is 2.14. The van der Waals surface area contributed by atoms with Crippen molar-refractivity contribution in [3.63, 3.8) is 0 Å². The average molecular weight is 347 g/mol. The van der Waals surface area contributed by atoms with Crippen molar-refractivity contribution in [1.82, 2.24) is 9.97 Å². The Balaban J connectivity index is 1.85. The van der Waals surface area contributed by atoms with Crippen LogP contribution in [0.1, 0.15) is 27.3 Å². The fourth-order valence-corrected chi connectivity index (χ4v) is 2.61. The summed E-state index contributed by atoms with van der Waals surface area (Å²) in [5.74, 6) is 0.370. The van der Waals surface area contributed by atoms with E-state index < -0.39 is 4.92 Å². The minimum atomic E-state index is -0.432. The first kappa shape index (κ1) is 17.3. The van der Waals surface area contributed by atoms with E-state index in [9.17, 15) is 14.9 Å². The van der Waals surface area contributed by atoms with Crippen molar-refractivity contribution in [2.24, 2.45) is 0 Å². The summed E-state index contributed by atoms with van der Waals surface area (Å²) >= 11 is 0. The standard InChI is InChI=1S/C20H17N3O3/c1-13-8-9-15(12-17(13)23(25)26)10-11-18(24)19-14(2)21-20(22-19)16-6-4-3-5-7-16/h3-12H,1-2H3,(H,21,22)/b11-10+. The molecule has 3 aromatic rings. The number of rotatable bonds is 5. The van der Waals surface area contributed by atoms with Crippen LogP contribution in [0.2, 0.25) is 0 Å². The molecule has 0 aliphatic rings. The molecule has 1 N–H and O–H groups in total. The van der Waals surface area contributed by atoms with Crippen molar-refractivity contribution < 1.29 is 9.72 Å². The van der Waals surface area contributed by atoms with E-state index in [1.165, 1.54) is 12.1 Å². The van der Waals surface area contributed by atoms with Gasteiger partial charge in [0.2, 0.25) is 5.78 Å². The fourth-order valence-electron chi connectivity index (χ4n) is 2.61. The van der Waals surface area contributed by atoms with Gasteiger partial charge in [-0.15, -0.1) is 0 Å². The van der Waals surface area contributed by atoms with Crippen LogP contribution in [-0.2, 0) is 0 Å². The predicted molar refractivity (Wildman–Crippen MR) is 100.0 cm³/mol. The van der Waals surface area contributed by atoms with Crippen LogP contribution < -0.4 is 0 Å². The Kier molecular flexibility index (Phi) is 4.75. The van der Waals surface area contributed by atoms with E-state index in [0.29, 0.717) is 28.3 Å². The number of ketones is 1. The van der Waals surface area contributed by atoms with Gasteiger partial charge in [0, 0.05) is 22.9 Å². The number of hydrogen-bond acceptors (Lipinski definition) is 4. The van der Waals surface area contributed by atoms with E-state index in [4.69, 9.17) is 0 Å². The maximum absolute atomic E-state index is 12.5. The predicted octanol–water partition coefficient (Wildman–Crippen LogP) is 4.50. The van der Waals surface area contributed by atoms with Crippen LogP contribution in [0.15, 0.2) is 54.6 Å². The first-order valence-electron chi connectivity index (χ1n) is 8.05. The molecule has 0 fully saturated rings. The lowest BCUT2D eigenvalue weighted by molar-refractivity contribution is -0.385. The van der Waals surface area contributed by atoms with Gasteiger partial charge in [0.1, 0.15) is 11.5 Å². The number of hydrogen-bond donors (Lipinski definition) is 1. The summed E-state index contributed by atoms with van der Waals surface area (Å²) in [6.07, 6.45) is 2.94. The Morgan fingerprint density at radius 3 is 2.58 bits per heavy atom. The molecule has 6 heteroatoms. The molecule has 26 heavy (non-hydrogen) atoms. The molecule has 0 unspecified atom stereocenters. The Bertz CT molecular complexity index is 1000. The van der Waals surface area contributed by atoms with Crippen molar-refractivity contribution in [1.29, 1.82) is 0 Å². The number of carbonyl (C=O) groups excluding carboxylic acids is 1. The zero-order chi connectivity index (χ0) is 18.7. The zero-order valence-electron chi connectivity index (χ0n) is 14.4. The molecule has 1 heterocycles. The topological polar surface area (TPSA) is 88.9 Å². The van der Waals surface area contributed by atoms with Gasteiger partial charge in [0.15, 0.2) is 0 Å². The highest BCUT2D eigenvalue weighted by atomic mass is 16.6. The van der Waals surface area contributed by atoms with Crippen molar-refractivity contribution in [2.45, 2.75) is 13.8 Å². The highest BCUT2D eigenvalue weighted by molar-refractivity contribution is 6.06. The lowest BCUT2D eigenvalue weighted by Gasteiger charge is -1.98. The number of aromatic nitrogens is 2.